The molecule has 2 atom stereocenters. The van der Waals surface area contributed by atoms with Crippen molar-refractivity contribution in [2.45, 2.75) is 37.5 Å². The normalized spacial score (nSPS) is 20.1. The van der Waals surface area contributed by atoms with Crippen LogP contribution < -0.4 is 0 Å². The molecule has 0 N–H and O–H groups in total. The Balaban J connectivity index is 1.57. The van der Waals surface area contributed by atoms with Crippen LogP contribution in [0.5, 0.6) is 0 Å². The Morgan fingerprint density at radius 1 is 0.759 bits per heavy atom. The van der Waals surface area contributed by atoms with Crippen LogP contribution in [0.3, 0.4) is 0 Å². The Morgan fingerprint density at radius 3 is 2.21 bits per heavy atom. The third kappa shape index (κ3) is 3.05. The first-order chi connectivity index (χ1) is 14.1. The Bertz CT molecular complexity index is 1120. The maximum Gasteiger partial charge on any atom is 0.0718 e. The molecule has 0 unspecified atom stereocenters. The monoisotopic (exact) mass is 392 g/mol. The van der Waals surface area contributed by atoms with Crippen LogP contribution in [0.25, 0.3) is 11.6 Å². The summed E-state index contributed by atoms with van der Waals surface area (Å²) in [6.45, 7) is 7.54. The van der Waals surface area contributed by atoms with Crippen molar-refractivity contribution in [3.63, 3.8) is 0 Å². The fourth-order valence-corrected chi connectivity index (χ4v) is 10.0. The highest BCUT2D eigenvalue weighted by molar-refractivity contribution is 6.81. The van der Waals surface area contributed by atoms with Crippen molar-refractivity contribution in [1.82, 2.24) is 0 Å². The Hall–Kier alpha value is -2.64. The van der Waals surface area contributed by atoms with E-state index < -0.39 is 8.07 Å². The summed E-state index contributed by atoms with van der Waals surface area (Å²) >= 11 is 0. The Morgan fingerprint density at radius 2 is 1.41 bits per heavy atom. The van der Waals surface area contributed by atoms with E-state index in [4.69, 9.17) is 0 Å². The molecule has 0 heterocycles. The van der Waals surface area contributed by atoms with Gasteiger partial charge in [-0.1, -0.05) is 110 Å². The van der Waals surface area contributed by atoms with Gasteiger partial charge in [-0.25, -0.2) is 0 Å². The molecule has 0 amide bonds. The summed E-state index contributed by atoms with van der Waals surface area (Å²) in [7, 11) is -1.71. The van der Waals surface area contributed by atoms with Crippen LogP contribution in [0, 0.1) is 0 Å². The molecule has 5 rings (SSSR count). The Labute approximate surface area is 175 Å². The van der Waals surface area contributed by atoms with Gasteiger partial charge in [-0.3, -0.25) is 0 Å². The van der Waals surface area contributed by atoms with Gasteiger partial charge >= 0.3 is 0 Å². The van der Waals surface area contributed by atoms with E-state index in [1.807, 2.05) is 0 Å². The van der Waals surface area contributed by atoms with E-state index in [0.717, 1.165) is 6.42 Å². The molecule has 0 spiro atoms. The third-order valence-corrected chi connectivity index (χ3v) is 11.3. The second-order valence-electron chi connectivity index (χ2n) is 9.19. The average molecular weight is 393 g/mol. The zero-order valence-electron chi connectivity index (χ0n) is 17.5. The summed E-state index contributed by atoms with van der Waals surface area (Å²) in [5.41, 5.74) is 11.6. The highest BCUT2D eigenvalue weighted by atomic mass is 28.3. The van der Waals surface area contributed by atoms with Crippen molar-refractivity contribution in [1.29, 1.82) is 0 Å². The van der Waals surface area contributed by atoms with Crippen molar-refractivity contribution in [2.24, 2.45) is 0 Å². The standard InChI is InChI=1S/C28H28Si/c1-20-17-22-13-7-8-15-25(22)28(20)29(2,3)27-19-23(18-21-11-5-4-6-12-21)24-14-9-10-16-26(24)27/h4-17,19,27-28H,18H2,1-3H3/t27-,28-/m0/s1. The van der Waals surface area contributed by atoms with Crippen molar-refractivity contribution < 1.29 is 0 Å². The second kappa shape index (κ2) is 7.00. The minimum Gasteiger partial charge on any atom is -0.0755 e. The zero-order chi connectivity index (χ0) is 20.0. The molecule has 2 aliphatic rings. The summed E-state index contributed by atoms with van der Waals surface area (Å²) < 4.78 is 0. The largest absolute Gasteiger partial charge is 0.0755 e. The van der Waals surface area contributed by atoms with E-state index in [1.54, 1.807) is 16.7 Å². The van der Waals surface area contributed by atoms with Gasteiger partial charge in [-0.2, -0.15) is 0 Å². The van der Waals surface area contributed by atoms with Gasteiger partial charge in [0.05, 0.1) is 8.07 Å². The van der Waals surface area contributed by atoms with E-state index in [9.17, 15) is 0 Å². The average Bonchev–Trinajstić information content (AvgIpc) is 3.27. The summed E-state index contributed by atoms with van der Waals surface area (Å²) in [6.07, 6.45) is 6.07. The molecule has 3 aromatic carbocycles. The molecule has 0 radical (unpaired) electrons. The van der Waals surface area contributed by atoms with Gasteiger partial charge in [0.2, 0.25) is 0 Å². The number of rotatable bonds is 4. The summed E-state index contributed by atoms with van der Waals surface area (Å²) in [4.78, 5) is 0. The summed E-state index contributed by atoms with van der Waals surface area (Å²) in [6, 6.07) is 29.1. The van der Waals surface area contributed by atoms with Gasteiger partial charge in [0.25, 0.3) is 0 Å². The molecule has 0 aromatic heterocycles. The fourth-order valence-electron chi connectivity index (χ4n) is 5.67. The van der Waals surface area contributed by atoms with E-state index >= 15 is 0 Å². The molecule has 0 aliphatic heterocycles. The number of benzene rings is 3. The molecule has 144 valence electrons. The smallest absolute Gasteiger partial charge is 0.0718 e. The third-order valence-electron chi connectivity index (χ3n) is 6.94. The van der Waals surface area contributed by atoms with Crippen LogP contribution in [-0.2, 0) is 6.42 Å². The predicted octanol–water partition coefficient (Wildman–Crippen LogP) is 7.40. The van der Waals surface area contributed by atoms with E-state index in [1.165, 1.54) is 22.3 Å². The van der Waals surface area contributed by atoms with Crippen LogP contribution in [-0.4, -0.2) is 8.07 Å². The molecule has 0 saturated carbocycles. The molecular formula is C28H28Si. The minimum atomic E-state index is -1.71. The van der Waals surface area contributed by atoms with E-state index in [0.29, 0.717) is 11.1 Å². The lowest BCUT2D eigenvalue weighted by molar-refractivity contribution is 1.000. The second-order valence-corrected chi connectivity index (χ2v) is 14.0. The topological polar surface area (TPSA) is 0 Å². The molecule has 2 aliphatic carbocycles. The van der Waals surface area contributed by atoms with Gasteiger partial charge in [0, 0.05) is 5.54 Å². The van der Waals surface area contributed by atoms with Gasteiger partial charge < -0.3 is 0 Å². The highest BCUT2D eigenvalue weighted by Gasteiger charge is 2.45. The number of hydrogen-bond acceptors (Lipinski definition) is 0. The van der Waals surface area contributed by atoms with Crippen molar-refractivity contribution in [3.05, 3.63) is 118 Å². The van der Waals surface area contributed by atoms with Gasteiger partial charge in [0.15, 0.2) is 0 Å². The van der Waals surface area contributed by atoms with Crippen LogP contribution in [0.2, 0.25) is 13.1 Å². The van der Waals surface area contributed by atoms with Crippen molar-refractivity contribution in [2.75, 3.05) is 0 Å². The minimum absolute atomic E-state index is 0.553. The molecule has 1 heteroatoms. The lowest BCUT2D eigenvalue weighted by atomic mass is 9.99. The first-order valence-electron chi connectivity index (χ1n) is 10.7. The zero-order valence-corrected chi connectivity index (χ0v) is 18.5. The number of fused-ring (bicyclic) bond motifs is 2. The van der Waals surface area contributed by atoms with Gasteiger partial charge in [-0.15, -0.1) is 0 Å². The SMILES string of the molecule is CC1=Cc2ccccc2[C@H]1[Si](C)(C)[C@H]1C=C(Cc2ccccc2)c2ccccc21. The molecular weight excluding hydrogens is 364 g/mol. The van der Waals surface area contributed by atoms with Crippen molar-refractivity contribution >= 4 is 19.7 Å². The number of allylic oxidation sites excluding steroid dienone is 3. The van der Waals surface area contributed by atoms with E-state index in [-0.39, 0.29) is 0 Å². The summed E-state index contributed by atoms with van der Waals surface area (Å²) in [5, 5.41) is 0. The predicted molar refractivity (Wildman–Crippen MR) is 128 cm³/mol. The van der Waals surface area contributed by atoms with E-state index in [2.05, 4.69) is 111 Å². The van der Waals surface area contributed by atoms with Crippen LogP contribution in [0.1, 0.15) is 45.8 Å². The van der Waals surface area contributed by atoms with Crippen LogP contribution in [0.15, 0.2) is 90.5 Å². The van der Waals surface area contributed by atoms with Crippen LogP contribution >= 0.6 is 0 Å². The highest BCUT2D eigenvalue weighted by Crippen LogP contribution is 2.51. The van der Waals surface area contributed by atoms with Crippen LogP contribution in [0.4, 0.5) is 0 Å². The maximum atomic E-state index is 2.62. The summed E-state index contributed by atoms with van der Waals surface area (Å²) in [5.74, 6) is 0. The molecule has 0 saturated heterocycles. The van der Waals surface area contributed by atoms with Crippen molar-refractivity contribution in [3.8, 4) is 0 Å². The first kappa shape index (κ1) is 18.4. The number of hydrogen-bond donors (Lipinski definition) is 0. The first-order valence-corrected chi connectivity index (χ1v) is 13.8. The quantitative estimate of drug-likeness (QED) is 0.406. The van der Waals surface area contributed by atoms with Gasteiger partial charge in [0.1, 0.15) is 0 Å². The Kier molecular flexibility index (Phi) is 4.44. The molecule has 3 aromatic rings. The lowest BCUT2D eigenvalue weighted by Crippen LogP contribution is -2.41. The molecule has 0 fully saturated rings. The molecule has 0 bridgehead atoms. The van der Waals surface area contributed by atoms with Gasteiger partial charge in [-0.05, 0) is 52.3 Å². The maximum absolute atomic E-state index is 2.62. The lowest BCUT2D eigenvalue weighted by Gasteiger charge is -2.37. The fraction of sp³-hybridized carbons (Fsp3) is 0.214. The molecule has 29 heavy (non-hydrogen) atoms. The molecule has 0 nitrogen and oxygen atoms in total.